The van der Waals surface area contributed by atoms with E-state index in [1.807, 2.05) is 30.3 Å². The molecule has 0 spiro atoms. The molecule has 2 aromatic rings. The molecule has 6 nitrogen and oxygen atoms in total. The van der Waals surface area contributed by atoms with Crippen molar-refractivity contribution in [1.29, 1.82) is 0 Å². The summed E-state index contributed by atoms with van der Waals surface area (Å²) in [5, 5.41) is 9.84. The first-order valence-corrected chi connectivity index (χ1v) is 7.92. The molecule has 132 valence electrons. The summed E-state index contributed by atoms with van der Waals surface area (Å²) in [6, 6.07) is 13.9. The predicted molar refractivity (Wildman–Crippen MR) is 90.4 cm³/mol. The quantitative estimate of drug-likeness (QED) is 0.741. The lowest BCUT2D eigenvalue weighted by Gasteiger charge is -2.10. The number of phenolic OH excluding ortho intramolecular Hbond substituents is 1. The van der Waals surface area contributed by atoms with Crippen LogP contribution in [0.25, 0.3) is 0 Å². The number of phenols is 1. The van der Waals surface area contributed by atoms with Crippen LogP contribution in [0.4, 0.5) is 0 Å². The molecule has 0 aliphatic carbocycles. The molecule has 0 fully saturated rings. The van der Waals surface area contributed by atoms with Crippen LogP contribution >= 0.6 is 0 Å². The largest absolute Gasteiger partial charge is 0.507 e. The Bertz CT molecular complexity index is 711. The van der Waals surface area contributed by atoms with E-state index >= 15 is 0 Å². The maximum atomic E-state index is 12.0. The Balaban J connectivity index is 1.93. The van der Waals surface area contributed by atoms with Crippen molar-refractivity contribution < 1.29 is 28.9 Å². The highest BCUT2D eigenvalue weighted by Crippen LogP contribution is 2.24. The summed E-state index contributed by atoms with van der Waals surface area (Å²) in [4.78, 5) is 23.3. The molecular weight excluding hydrogens is 324 g/mol. The van der Waals surface area contributed by atoms with Crippen molar-refractivity contribution in [3.05, 3.63) is 59.7 Å². The summed E-state index contributed by atoms with van der Waals surface area (Å²) >= 11 is 0. The number of carbonyl (C=O) groups excluding carboxylic acids is 2. The van der Waals surface area contributed by atoms with Crippen molar-refractivity contribution in [2.75, 3.05) is 13.2 Å². The van der Waals surface area contributed by atoms with Crippen molar-refractivity contribution in [2.24, 2.45) is 0 Å². The van der Waals surface area contributed by atoms with Crippen molar-refractivity contribution in [1.82, 2.24) is 0 Å². The van der Waals surface area contributed by atoms with Crippen LogP contribution < -0.4 is 4.74 Å². The Hall–Kier alpha value is -3.02. The van der Waals surface area contributed by atoms with Crippen LogP contribution in [-0.4, -0.2) is 30.3 Å². The second kappa shape index (κ2) is 9.32. The molecular formula is C19H20O6. The Kier molecular flexibility index (Phi) is 6.83. The number of esters is 2. The van der Waals surface area contributed by atoms with Gasteiger partial charge in [-0.15, -0.1) is 0 Å². The van der Waals surface area contributed by atoms with E-state index in [2.05, 4.69) is 0 Å². The van der Waals surface area contributed by atoms with Crippen molar-refractivity contribution in [3.63, 3.8) is 0 Å². The Labute approximate surface area is 146 Å². The highest BCUT2D eigenvalue weighted by atomic mass is 16.5. The van der Waals surface area contributed by atoms with Gasteiger partial charge in [0, 0.05) is 0 Å². The number of hydrogen-bond donors (Lipinski definition) is 1. The van der Waals surface area contributed by atoms with Gasteiger partial charge >= 0.3 is 11.9 Å². The summed E-state index contributed by atoms with van der Waals surface area (Å²) in [5.74, 6) is -0.960. The zero-order chi connectivity index (χ0) is 18.1. The monoisotopic (exact) mass is 344 g/mol. The lowest BCUT2D eigenvalue weighted by atomic mass is 10.2. The van der Waals surface area contributed by atoms with Crippen LogP contribution in [-0.2, 0) is 20.9 Å². The maximum Gasteiger partial charge on any atom is 0.342 e. The van der Waals surface area contributed by atoms with Crippen LogP contribution in [0.15, 0.2) is 48.5 Å². The zero-order valence-electron chi connectivity index (χ0n) is 13.9. The first kappa shape index (κ1) is 18.3. The van der Waals surface area contributed by atoms with Crippen LogP contribution in [0.5, 0.6) is 11.5 Å². The summed E-state index contributed by atoms with van der Waals surface area (Å²) < 4.78 is 15.4. The maximum absolute atomic E-state index is 12.0. The fourth-order valence-corrected chi connectivity index (χ4v) is 2.05. The van der Waals surface area contributed by atoms with E-state index in [4.69, 9.17) is 14.2 Å². The molecule has 0 radical (unpaired) electrons. The van der Waals surface area contributed by atoms with E-state index < -0.39 is 11.9 Å². The highest BCUT2D eigenvalue weighted by molar-refractivity contribution is 5.93. The van der Waals surface area contributed by atoms with E-state index in [9.17, 15) is 14.7 Å². The van der Waals surface area contributed by atoms with E-state index in [1.54, 1.807) is 13.0 Å². The molecule has 2 aromatic carbocycles. The smallest absolute Gasteiger partial charge is 0.342 e. The second-order valence-electron chi connectivity index (χ2n) is 5.14. The van der Waals surface area contributed by atoms with Gasteiger partial charge in [0.15, 0.2) is 0 Å². The normalized spacial score (nSPS) is 10.1. The Morgan fingerprint density at radius 1 is 1.04 bits per heavy atom. The van der Waals surface area contributed by atoms with Gasteiger partial charge in [-0.3, -0.25) is 4.79 Å². The van der Waals surface area contributed by atoms with Gasteiger partial charge in [0.25, 0.3) is 0 Å². The predicted octanol–water partition coefficient (Wildman–Crippen LogP) is 3.08. The van der Waals surface area contributed by atoms with E-state index in [0.29, 0.717) is 12.4 Å². The molecule has 0 atom stereocenters. The lowest BCUT2D eigenvalue weighted by Crippen LogP contribution is -2.12. The minimum atomic E-state index is -0.730. The first-order chi connectivity index (χ1) is 12.1. The third-order valence-electron chi connectivity index (χ3n) is 3.28. The highest BCUT2D eigenvalue weighted by Gasteiger charge is 2.15. The SMILES string of the molecule is CCOC(=O)CCOC(=O)c1cc(OCc2ccccc2)ccc1O. The summed E-state index contributed by atoms with van der Waals surface area (Å²) in [7, 11) is 0. The molecule has 25 heavy (non-hydrogen) atoms. The fourth-order valence-electron chi connectivity index (χ4n) is 2.05. The third-order valence-corrected chi connectivity index (χ3v) is 3.28. The summed E-state index contributed by atoms with van der Waals surface area (Å²) in [6.45, 7) is 2.19. The zero-order valence-corrected chi connectivity index (χ0v) is 13.9. The molecule has 0 bridgehead atoms. The Morgan fingerprint density at radius 2 is 1.80 bits per heavy atom. The fraction of sp³-hybridized carbons (Fsp3) is 0.263. The molecule has 0 amide bonds. The average Bonchev–Trinajstić information content (AvgIpc) is 2.62. The van der Waals surface area contributed by atoms with Gasteiger partial charge in [0.1, 0.15) is 30.3 Å². The van der Waals surface area contributed by atoms with Crippen LogP contribution in [0.3, 0.4) is 0 Å². The van der Waals surface area contributed by atoms with Crippen LogP contribution in [0.2, 0.25) is 0 Å². The molecule has 0 heterocycles. The van der Waals surface area contributed by atoms with Crippen LogP contribution in [0.1, 0.15) is 29.3 Å². The summed E-state index contributed by atoms with van der Waals surface area (Å²) in [5.41, 5.74) is 0.962. The molecule has 2 rings (SSSR count). The van der Waals surface area contributed by atoms with Gasteiger partial charge in [-0.2, -0.15) is 0 Å². The molecule has 0 saturated heterocycles. The number of rotatable bonds is 8. The number of hydrogen-bond acceptors (Lipinski definition) is 6. The first-order valence-electron chi connectivity index (χ1n) is 7.92. The molecule has 0 saturated carbocycles. The molecule has 0 aliphatic heterocycles. The van der Waals surface area contributed by atoms with Crippen LogP contribution in [0, 0.1) is 0 Å². The van der Waals surface area contributed by atoms with Crippen molar-refractivity contribution in [2.45, 2.75) is 20.0 Å². The minimum Gasteiger partial charge on any atom is -0.507 e. The van der Waals surface area contributed by atoms with Gasteiger partial charge in [0.2, 0.25) is 0 Å². The summed E-state index contributed by atoms with van der Waals surface area (Å²) in [6.07, 6.45) is -0.0372. The Morgan fingerprint density at radius 3 is 2.52 bits per heavy atom. The van der Waals surface area contributed by atoms with Gasteiger partial charge in [-0.25, -0.2) is 4.79 Å². The molecule has 0 aliphatic rings. The number of aromatic hydroxyl groups is 1. The molecule has 0 aromatic heterocycles. The molecule has 6 heteroatoms. The van der Waals surface area contributed by atoms with Gasteiger partial charge in [-0.05, 0) is 30.7 Å². The third kappa shape index (κ3) is 5.84. The number of benzene rings is 2. The number of ether oxygens (including phenoxy) is 3. The average molecular weight is 344 g/mol. The van der Waals surface area contributed by atoms with Crippen molar-refractivity contribution in [3.8, 4) is 11.5 Å². The second-order valence-corrected chi connectivity index (χ2v) is 5.14. The lowest BCUT2D eigenvalue weighted by molar-refractivity contribution is -0.143. The van der Waals surface area contributed by atoms with E-state index in [-0.39, 0.29) is 30.9 Å². The van der Waals surface area contributed by atoms with Gasteiger partial charge < -0.3 is 19.3 Å². The van der Waals surface area contributed by atoms with E-state index in [0.717, 1.165) is 5.56 Å². The number of carbonyl (C=O) groups is 2. The minimum absolute atomic E-state index is 0.0191. The van der Waals surface area contributed by atoms with Gasteiger partial charge in [0.05, 0.1) is 13.0 Å². The standard InChI is InChI=1S/C19H20O6/c1-2-23-18(21)10-11-24-19(22)16-12-15(8-9-17(16)20)25-13-14-6-4-3-5-7-14/h3-9,12,20H,2,10-11,13H2,1H3. The molecule has 0 unspecified atom stereocenters. The molecule has 1 N–H and O–H groups in total. The topological polar surface area (TPSA) is 82.1 Å². The van der Waals surface area contributed by atoms with Gasteiger partial charge in [-0.1, -0.05) is 30.3 Å². The van der Waals surface area contributed by atoms with Crippen molar-refractivity contribution >= 4 is 11.9 Å². The van der Waals surface area contributed by atoms with E-state index in [1.165, 1.54) is 12.1 Å².